The average Bonchev–Trinajstić information content (AvgIpc) is 3.22. The van der Waals surface area contributed by atoms with Gasteiger partial charge in [-0.25, -0.2) is 32.5 Å². The highest BCUT2D eigenvalue weighted by Gasteiger charge is 2.29. The highest BCUT2D eigenvalue weighted by molar-refractivity contribution is 6.23. The molecule has 6 aromatic carbocycles. The number of para-hydroxylation sites is 1. The molecule has 7 nitrogen and oxygen atoms in total. The molecule has 0 saturated heterocycles. The van der Waals surface area contributed by atoms with Gasteiger partial charge in [-0.1, -0.05) is 66.7 Å². The van der Waals surface area contributed by atoms with Gasteiger partial charge in [0.2, 0.25) is 0 Å². The number of nitrogens with zero attached hydrogens (tertiary/aromatic N) is 7. The Morgan fingerprint density at radius 3 is 1.57 bits per heavy atom. The molecule has 0 aliphatic carbocycles. The van der Waals surface area contributed by atoms with Crippen LogP contribution in [0.25, 0.3) is 77.6 Å². The molecule has 0 atom stereocenters. The molecule has 54 heavy (non-hydrogen) atoms. The molecule has 252 valence electrons. The van der Waals surface area contributed by atoms with Crippen molar-refractivity contribution in [1.82, 2.24) is 15.0 Å². The van der Waals surface area contributed by atoms with Crippen LogP contribution in [-0.2, 0) is 0 Å². The van der Waals surface area contributed by atoms with Crippen molar-refractivity contribution in [3.05, 3.63) is 149 Å². The summed E-state index contributed by atoms with van der Waals surface area (Å²) >= 11 is 0. The molecule has 0 unspecified atom stereocenters. The lowest BCUT2D eigenvalue weighted by molar-refractivity contribution is 0.454. The van der Waals surface area contributed by atoms with E-state index in [1.165, 1.54) is 30.3 Å². The lowest BCUT2D eigenvalue weighted by Gasteiger charge is -2.18. The van der Waals surface area contributed by atoms with Crippen molar-refractivity contribution in [2.75, 3.05) is 0 Å². The van der Waals surface area contributed by atoms with Crippen LogP contribution in [0.1, 0.15) is 22.3 Å². The molecular weight excluding hydrogens is 691 g/mol. The van der Waals surface area contributed by atoms with Crippen LogP contribution < -0.4 is 0 Å². The Bertz CT molecular complexity index is 3050. The van der Waals surface area contributed by atoms with Crippen LogP contribution in [0.15, 0.2) is 103 Å². The first-order chi connectivity index (χ1) is 26.3. The first-order valence-electron chi connectivity index (χ1n) is 16.1. The molecule has 0 aliphatic heterocycles. The summed E-state index contributed by atoms with van der Waals surface area (Å²) in [6.07, 6.45) is 0. The summed E-state index contributed by atoms with van der Waals surface area (Å²) in [5.41, 5.74) is 1.47. The van der Waals surface area contributed by atoms with Crippen molar-refractivity contribution < 1.29 is 17.6 Å². The van der Waals surface area contributed by atoms with E-state index >= 15 is 8.78 Å². The fourth-order valence-corrected chi connectivity index (χ4v) is 6.63. The predicted molar refractivity (Wildman–Crippen MR) is 193 cm³/mol. The van der Waals surface area contributed by atoms with Gasteiger partial charge in [-0.05, 0) is 42.0 Å². The third-order valence-corrected chi connectivity index (χ3v) is 9.12. The first kappa shape index (κ1) is 33.2. The Kier molecular flexibility index (Phi) is 7.96. The van der Waals surface area contributed by atoms with E-state index in [1.54, 1.807) is 78.9 Å². The number of hydrogen-bond acceptors (Lipinski definition) is 7. The fraction of sp³-hybridized carbons (Fsp3) is 0. The van der Waals surface area contributed by atoms with Crippen molar-refractivity contribution in [2.24, 2.45) is 0 Å². The Balaban J connectivity index is 1.52. The second-order valence-corrected chi connectivity index (χ2v) is 12.1. The highest BCUT2D eigenvalue weighted by atomic mass is 19.2. The first-order valence-corrected chi connectivity index (χ1v) is 16.1. The third kappa shape index (κ3) is 5.13. The summed E-state index contributed by atoms with van der Waals surface area (Å²) in [6.45, 7) is 0. The lowest BCUT2D eigenvalue weighted by Crippen LogP contribution is -2.05. The fourth-order valence-electron chi connectivity index (χ4n) is 6.63. The van der Waals surface area contributed by atoms with E-state index in [4.69, 9.17) is 15.0 Å². The van der Waals surface area contributed by atoms with Crippen LogP contribution in [-0.4, -0.2) is 15.0 Å². The van der Waals surface area contributed by atoms with Gasteiger partial charge in [-0.15, -0.1) is 0 Å². The number of aromatic nitrogens is 3. The zero-order chi connectivity index (χ0) is 37.7. The van der Waals surface area contributed by atoms with E-state index < -0.39 is 34.4 Å². The molecule has 2 aromatic heterocycles. The van der Waals surface area contributed by atoms with Crippen molar-refractivity contribution in [1.29, 1.82) is 21.0 Å². The smallest absolute Gasteiger partial charge is 0.180 e. The molecule has 0 radical (unpaired) electrons. The van der Waals surface area contributed by atoms with E-state index in [-0.39, 0.29) is 27.8 Å². The van der Waals surface area contributed by atoms with Gasteiger partial charge in [0.1, 0.15) is 11.6 Å². The minimum absolute atomic E-state index is 0.0416. The normalized spacial score (nSPS) is 10.9. The molecule has 0 fully saturated rings. The van der Waals surface area contributed by atoms with Crippen LogP contribution >= 0.6 is 0 Å². The number of fused-ring (bicyclic) bond motifs is 5. The number of hydrogen-bond donors (Lipinski definition) is 0. The lowest BCUT2D eigenvalue weighted by atomic mass is 9.90. The molecule has 0 aliphatic rings. The molecule has 0 amide bonds. The summed E-state index contributed by atoms with van der Waals surface area (Å²) in [6, 6.07) is 35.3. The SMILES string of the molecule is N#Cc1ccc(-c2nc3cc(C#N)c4c(-c5ccccc5-c5c(F)c(F)c(C#N)c(F)c5F)nc5ccccc5c4c3nc2-c2ccc(C#N)cc2)cc1. The molecule has 0 N–H and O–H groups in total. The van der Waals surface area contributed by atoms with E-state index in [0.29, 0.717) is 61.0 Å². The van der Waals surface area contributed by atoms with E-state index in [1.807, 2.05) is 0 Å². The number of halogens is 4. The van der Waals surface area contributed by atoms with Crippen molar-refractivity contribution in [3.8, 4) is 69.2 Å². The van der Waals surface area contributed by atoms with Gasteiger partial charge in [-0.2, -0.15) is 21.0 Å². The summed E-state index contributed by atoms with van der Waals surface area (Å²) in [5.74, 6) is -7.21. The zero-order valence-corrected chi connectivity index (χ0v) is 27.5. The van der Waals surface area contributed by atoms with Gasteiger partial charge in [0.25, 0.3) is 0 Å². The molecule has 0 spiro atoms. The quantitative estimate of drug-likeness (QED) is 0.101. The highest BCUT2D eigenvalue weighted by Crippen LogP contribution is 2.44. The summed E-state index contributed by atoms with van der Waals surface area (Å²) in [5, 5.41) is 39.9. The maximum Gasteiger partial charge on any atom is 0.180 e. The topological polar surface area (TPSA) is 134 Å². The van der Waals surface area contributed by atoms with E-state index in [0.717, 1.165) is 0 Å². The van der Waals surface area contributed by atoms with Gasteiger partial charge in [-0.3, -0.25) is 0 Å². The monoisotopic (exact) mass is 707 g/mol. The average molecular weight is 708 g/mol. The van der Waals surface area contributed by atoms with Crippen molar-refractivity contribution >= 4 is 32.7 Å². The summed E-state index contributed by atoms with van der Waals surface area (Å²) in [7, 11) is 0. The number of pyridine rings is 1. The van der Waals surface area contributed by atoms with Crippen molar-refractivity contribution in [3.63, 3.8) is 0 Å². The standard InChI is InChI=1S/C43H17F4N7/c44-36-30(21-51)37(45)39(47)35(38(36)46)27-5-1-2-6-28(27)42-33-26(20-50)17-32-43(34(33)29-7-3-4-8-31(29)52-42)54-41(25-15-11-23(19-49)12-16-25)40(53-32)24-13-9-22(18-48)10-14-24/h1-17H. The van der Waals surface area contributed by atoms with Gasteiger partial charge in [0.05, 0.1) is 74.1 Å². The molecule has 8 rings (SSSR count). The largest absolute Gasteiger partial charge is 0.247 e. The van der Waals surface area contributed by atoms with E-state index in [2.05, 4.69) is 18.2 Å². The minimum atomic E-state index is -1.84. The molecule has 11 heteroatoms. The Labute approximate surface area is 303 Å². The minimum Gasteiger partial charge on any atom is -0.247 e. The van der Waals surface area contributed by atoms with Crippen molar-refractivity contribution in [2.45, 2.75) is 0 Å². The second kappa shape index (κ2) is 13.0. The van der Waals surface area contributed by atoms with Crippen LogP contribution in [0.3, 0.4) is 0 Å². The summed E-state index contributed by atoms with van der Waals surface area (Å²) < 4.78 is 61.2. The molecular formula is C43H17F4N7. The summed E-state index contributed by atoms with van der Waals surface area (Å²) in [4.78, 5) is 15.0. The van der Waals surface area contributed by atoms with Crippen LogP contribution in [0.4, 0.5) is 17.6 Å². The molecule has 2 heterocycles. The zero-order valence-electron chi connectivity index (χ0n) is 27.5. The molecule has 0 bridgehead atoms. The van der Waals surface area contributed by atoms with E-state index in [9.17, 15) is 29.8 Å². The van der Waals surface area contributed by atoms with Gasteiger partial charge in [0.15, 0.2) is 23.3 Å². The second-order valence-electron chi connectivity index (χ2n) is 12.1. The number of benzene rings is 6. The van der Waals surface area contributed by atoms with Crippen LogP contribution in [0.5, 0.6) is 0 Å². The van der Waals surface area contributed by atoms with Gasteiger partial charge >= 0.3 is 0 Å². The molecule has 0 saturated carbocycles. The predicted octanol–water partition coefficient (Wildman–Crippen LogP) is 10.0. The Morgan fingerprint density at radius 2 is 1.00 bits per heavy atom. The van der Waals surface area contributed by atoms with Crippen LogP contribution in [0.2, 0.25) is 0 Å². The maximum absolute atomic E-state index is 15.6. The van der Waals surface area contributed by atoms with Gasteiger partial charge in [0, 0.05) is 32.8 Å². The molecule has 8 aromatic rings. The number of nitriles is 4. The van der Waals surface area contributed by atoms with Crippen LogP contribution in [0, 0.1) is 68.6 Å². The van der Waals surface area contributed by atoms with Gasteiger partial charge < -0.3 is 0 Å². The number of rotatable bonds is 4. The third-order valence-electron chi connectivity index (χ3n) is 9.12. The maximum atomic E-state index is 15.6. The Hall–Kier alpha value is -7.99. The Morgan fingerprint density at radius 1 is 0.463 bits per heavy atom.